The second-order valence-corrected chi connectivity index (χ2v) is 4.11. The molecule has 0 atom stereocenters. The van der Waals surface area contributed by atoms with E-state index in [1.165, 1.54) is 0 Å². The van der Waals surface area contributed by atoms with E-state index in [-0.39, 0.29) is 0 Å². The first kappa shape index (κ1) is 13.4. The van der Waals surface area contributed by atoms with Crippen LogP contribution >= 0.6 is 0 Å². The van der Waals surface area contributed by atoms with Gasteiger partial charge in [0.05, 0.1) is 14.2 Å². The van der Waals surface area contributed by atoms with E-state index in [4.69, 9.17) is 19.6 Å². The van der Waals surface area contributed by atoms with E-state index in [9.17, 15) is 0 Å². The van der Waals surface area contributed by atoms with Gasteiger partial charge in [0.15, 0.2) is 5.89 Å². The van der Waals surface area contributed by atoms with Gasteiger partial charge in [-0.15, -0.1) is 0 Å². The van der Waals surface area contributed by atoms with Crippen molar-refractivity contribution in [1.29, 1.82) is 0 Å². The molecule has 5 nitrogen and oxygen atoms in total. The second kappa shape index (κ2) is 5.75. The summed E-state index contributed by atoms with van der Waals surface area (Å²) in [6.45, 7) is 2.32. The molecule has 2 rings (SSSR count). The van der Waals surface area contributed by atoms with Crippen molar-refractivity contribution < 1.29 is 13.9 Å². The Bertz CT molecular complexity index is 564. The minimum absolute atomic E-state index is 0.508. The van der Waals surface area contributed by atoms with Crippen LogP contribution in [0.4, 0.5) is 0 Å². The minimum atomic E-state index is 0.508. The van der Waals surface area contributed by atoms with Gasteiger partial charge in [-0.1, -0.05) is 0 Å². The lowest BCUT2D eigenvalue weighted by Gasteiger charge is -2.09. The van der Waals surface area contributed by atoms with Gasteiger partial charge in [0.25, 0.3) is 0 Å². The number of hydrogen-bond donors (Lipinski definition) is 1. The summed E-state index contributed by atoms with van der Waals surface area (Å²) in [6.07, 6.45) is 0.635. The molecule has 1 aromatic carbocycles. The van der Waals surface area contributed by atoms with Crippen LogP contribution in [0.1, 0.15) is 11.7 Å². The lowest BCUT2D eigenvalue weighted by atomic mass is 10.1. The van der Waals surface area contributed by atoms with Crippen LogP contribution < -0.4 is 15.2 Å². The smallest absolute Gasteiger partial charge is 0.191 e. The predicted octanol–water partition coefficient (Wildman–Crippen LogP) is 2.17. The van der Waals surface area contributed by atoms with Gasteiger partial charge < -0.3 is 19.6 Å². The fraction of sp³-hybridized carbons (Fsp3) is 0.357. The highest BCUT2D eigenvalue weighted by Gasteiger charge is 2.17. The number of aromatic nitrogens is 1. The van der Waals surface area contributed by atoms with Crippen LogP contribution in [-0.2, 0) is 6.42 Å². The van der Waals surface area contributed by atoms with Crippen LogP contribution in [-0.4, -0.2) is 25.7 Å². The van der Waals surface area contributed by atoms with Crippen LogP contribution in [0.25, 0.3) is 11.3 Å². The predicted molar refractivity (Wildman–Crippen MR) is 72.5 cm³/mol. The minimum Gasteiger partial charge on any atom is -0.497 e. The summed E-state index contributed by atoms with van der Waals surface area (Å²) in [4.78, 5) is 4.43. The first-order valence-electron chi connectivity index (χ1n) is 6.08. The molecular formula is C14H18N2O3. The highest BCUT2D eigenvalue weighted by Crippen LogP contribution is 2.35. The van der Waals surface area contributed by atoms with Crippen molar-refractivity contribution in [3.05, 3.63) is 29.9 Å². The van der Waals surface area contributed by atoms with E-state index >= 15 is 0 Å². The molecule has 1 heterocycles. The molecule has 0 unspecified atom stereocenters. The molecule has 0 saturated heterocycles. The molecule has 102 valence electrons. The molecule has 0 aliphatic carbocycles. The van der Waals surface area contributed by atoms with Crippen molar-refractivity contribution in [2.24, 2.45) is 5.73 Å². The highest BCUT2D eigenvalue weighted by molar-refractivity contribution is 5.70. The van der Waals surface area contributed by atoms with Crippen LogP contribution in [0, 0.1) is 6.92 Å². The van der Waals surface area contributed by atoms with Crippen LogP contribution in [0.15, 0.2) is 22.6 Å². The summed E-state index contributed by atoms with van der Waals surface area (Å²) >= 11 is 0. The number of benzene rings is 1. The molecule has 0 amide bonds. The molecule has 19 heavy (non-hydrogen) atoms. The first-order valence-corrected chi connectivity index (χ1v) is 6.08. The van der Waals surface area contributed by atoms with E-state index in [1.54, 1.807) is 14.2 Å². The zero-order chi connectivity index (χ0) is 13.8. The number of ether oxygens (including phenoxy) is 2. The van der Waals surface area contributed by atoms with Crippen LogP contribution in [0.5, 0.6) is 11.5 Å². The van der Waals surface area contributed by atoms with Crippen LogP contribution in [0.3, 0.4) is 0 Å². The van der Waals surface area contributed by atoms with Gasteiger partial charge in [-0.3, -0.25) is 0 Å². The Morgan fingerprint density at radius 2 is 2.05 bits per heavy atom. The molecule has 0 radical (unpaired) electrons. The van der Waals surface area contributed by atoms with Gasteiger partial charge in [-0.2, -0.15) is 0 Å². The molecule has 0 fully saturated rings. The van der Waals surface area contributed by atoms with E-state index < -0.39 is 0 Å². The van der Waals surface area contributed by atoms with E-state index in [0.717, 1.165) is 28.5 Å². The van der Waals surface area contributed by atoms with Crippen molar-refractivity contribution in [3.8, 4) is 22.8 Å². The van der Waals surface area contributed by atoms with Crippen molar-refractivity contribution in [3.63, 3.8) is 0 Å². The van der Waals surface area contributed by atoms with Gasteiger partial charge in [-0.25, -0.2) is 4.98 Å². The molecule has 1 aromatic heterocycles. The topological polar surface area (TPSA) is 70.5 Å². The highest BCUT2D eigenvalue weighted by atomic mass is 16.5. The number of oxazole rings is 1. The van der Waals surface area contributed by atoms with Crippen molar-refractivity contribution >= 4 is 0 Å². The summed E-state index contributed by atoms with van der Waals surface area (Å²) in [5, 5.41) is 0. The van der Waals surface area contributed by atoms with Gasteiger partial charge >= 0.3 is 0 Å². The normalized spacial score (nSPS) is 10.5. The molecule has 0 saturated carbocycles. The van der Waals surface area contributed by atoms with E-state index in [1.807, 2.05) is 25.1 Å². The Labute approximate surface area is 112 Å². The SMILES string of the molecule is COc1ccc(OC)c(-c2nc(C)oc2CCN)c1. The van der Waals surface area contributed by atoms with Crippen LogP contribution in [0.2, 0.25) is 0 Å². The number of aryl methyl sites for hydroxylation is 1. The fourth-order valence-corrected chi connectivity index (χ4v) is 1.98. The van der Waals surface area contributed by atoms with Crippen molar-refractivity contribution in [2.45, 2.75) is 13.3 Å². The zero-order valence-electron chi connectivity index (χ0n) is 11.4. The Balaban J connectivity index is 2.55. The number of nitrogens with zero attached hydrogens (tertiary/aromatic N) is 1. The molecular weight excluding hydrogens is 244 g/mol. The zero-order valence-corrected chi connectivity index (χ0v) is 11.4. The van der Waals surface area contributed by atoms with Crippen molar-refractivity contribution in [1.82, 2.24) is 4.98 Å². The lowest BCUT2D eigenvalue weighted by molar-refractivity contribution is 0.404. The summed E-state index contributed by atoms with van der Waals surface area (Å²) in [7, 11) is 3.25. The maximum absolute atomic E-state index is 5.60. The fourth-order valence-electron chi connectivity index (χ4n) is 1.98. The average Bonchev–Trinajstić information content (AvgIpc) is 2.79. The van der Waals surface area contributed by atoms with E-state index in [0.29, 0.717) is 18.9 Å². The Morgan fingerprint density at radius 3 is 2.68 bits per heavy atom. The third-order valence-corrected chi connectivity index (χ3v) is 2.84. The molecule has 2 N–H and O–H groups in total. The number of hydrogen-bond acceptors (Lipinski definition) is 5. The van der Waals surface area contributed by atoms with Gasteiger partial charge in [0.1, 0.15) is 23.0 Å². The molecule has 0 aliphatic heterocycles. The number of methoxy groups -OCH3 is 2. The molecule has 0 aliphatic rings. The standard InChI is InChI=1S/C14H18N2O3/c1-9-16-14(13(19-9)6-7-15)11-8-10(17-2)4-5-12(11)18-3/h4-5,8H,6-7,15H2,1-3H3. The molecule has 2 aromatic rings. The summed E-state index contributed by atoms with van der Waals surface area (Å²) in [5.74, 6) is 2.86. The Morgan fingerprint density at radius 1 is 1.26 bits per heavy atom. The molecule has 0 spiro atoms. The van der Waals surface area contributed by atoms with Gasteiger partial charge in [0.2, 0.25) is 0 Å². The lowest BCUT2D eigenvalue weighted by Crippen LogP contribution is -2.03. The quantitative estimate of drug-likeness (QED) is 0.894. The van der Waals surface area contributed by atoms with Gasteiger partial charge in [0, 0.05) is 18.9 Å². The average molecular weight is 262 g/mol. The summed E-state index contributed by atoms with van der Waals surface area (Å²) < 4.78 is 16.2. The number of nitrogens with two attached hydrogens (primary N) is 1. The molecule has 5 heteroatoms. The maximum atomic E-state index is 5.60. The van der Waals surface area contributed by atoms with Gasteiger partial charge in [-0.05, 0) is 24.7 Å². The summed E-state index contributed by atoms with van der Waals surface area (Å²) in [5.41, 5.74) is 7.21. The summed E-state index contributed by atoms with van der Waals surface area (Å²) in [6, 6.07) is 5.58. The first-order chi connectivity index (χ1) is 9.19. The largest absolute Gasteiger partial charge is 0.497 e. The Hall–Kier alpha value is -2.01. The van der Waals surface area contributed by atoms with Crippen molar-refractivity contribution in [2.75, 3.05) is 20.8 Å². The third-order valence-electron chi connectivity index (χ3n) is 2.84. The third kappa shape index (κ3) is 2.71. The second-order valence-electron chi connectivity index (χ2n) is 4.11. The molecule has 0 bridgehead atoms. The van der Waals surface area contributed by atoms with E-state index in [2.05, 4.69) is 4.98 Å². The maximum Gasteiger partial charge on any atom is 0.191 e. The Kier molecular flexibility index (Phi) is 4.06. The monoisotopic (exact) mass is 262 g/mol. The number of rotatable bonds is 5.